The minimum Gasteiger partial charge on any atom is -0.497 e. The minimum absolute atomic E-state index is 0.129. The Kier molecular flexibility index (Phi) is 5.13. The lowest BCUT2D eigenvalue weighted by molar-refractivity contribution is -0.118. The highest BCUT2D eigenvalue weighted by Gasteiger charge is 2.71. The van der Waals surface area contributed by atoms with Gasteiger partial charge in [-0.1, -0.05) is 48.6 Å². The molecular weight excluding hydrogens is 466 g/mol. The van der Waals surface area contributed by atoms with E-state index >= 15 is 0 Å². The predicted molar refractivity (Wildman–Crippen MR) is 141 cm³/mol. The highest BCUT2D eigenvalue weighted by molar-refractivity contribution is 6.32. The largest absolute Gasteiger partial charge is 0.497 e. The Morgan fingerprint density at radius 2 is 1.62 bits per heavy atom. The van der Waals surface area contributed by atoms with Crippen molar-refractivity contribution in [3.8, 4) is 11.5 Å². The molecule has 0 amide bonds. The van der Waals surface area contributed by atoms with Gasteiger partial charge in [-0.05, 0) is 49.2 Å². The number of nitrogens with zero attached hydrogens (tertiary/aromatic N) is 1. The van der Waals surface area contributed by atoms with Crippen molar-refractivity contribution in [1.82, 2.24) is 0 Å². The third kappa shape index (κ3) is 2.95. The second kappa shape index (κ2) is 8.17. The van der Waals surface area contributed by atoms with E-state index in [-0.39, 0.29) is 17.3 Å². The first-order valence-electron chi connectivity index (χ1n) is 12.3. The molecule has 3 aromatic rings. The van der Waals surface area contributed by atoms with E-state index in [1.165, 1.54) is 6.92 Å². The Morgan fingerprint density at radius 3 is 2.24 bits per heavy atom. The number of hydrogen-bond donors (Lipinski definition) is 0. The van der Waals surface area contributed by atoms with Crippen LogP contribution in [0.25, 0.3) is 6.08 Å². The molecule has 1 saturated heterocycles. The van der Waals surface area contributed by atoms with E-state index in [2.05, 4.69) is 0 Å². The van der Waals surface area contributed by atoms with Crippen molar-refractivity contribution in [2.75, 3.05) is 19.1 Å². The second-order valence-electron chi connectivity index (χ2n) is 9.99. The molecule has 6 rings (SSSR count). The number of benzene rings is 3. The van der Waals surface area contributed by atoms with Gasteiger partial charge in [0.15, 0.2) is 17.3 Å². The van der Waals surface area contributed by atoms with E-state index in [4.69, 9.17) is 9.47 Å². The van der Waals surface area contributed by atoms with E-state index < -0.39 is 23.4 Å². The van der Waals surface area contributed by atoms with Gasteiger partial charge in [0.2, 0.25) is 0 Å². The maximum absolute atomic E-state index is 14.5. The highest BCUT2D eigenvalue weighted by atomic mass is 16.5. The van der Waals surface area contributed by atoms with Gasteiger partial charge in [-0.3, -0.25) is 14.4 Å². The summed E-state index contributed by atoms with van der Waals surface area (Å²) in [6.45, 7) is 3.53. The SMILES string of the molecule is COc1ccc(OC)c([C@@H]2[C@@H](C(C)=O)N3c4cc(C)ccc4C=C[C@@H]3C23C(=O)c2ccccc2C3=O)c1. The van der Waals surface area contributed by atoms with E-state index in [0.29, 0.717) is 28.2 Å². The minimum atomic E-state index is -1.54. The fraction of sp³-hybridized carbons (Fsp3) is 0.258. The molecular formula is C31H27NO5. The van der Waals surface area contributed by atoms with Crippen molar-refractivity contribution in [1.29, 1.82) is 0 Å². The number of hydrogen-bond acceptors (Lipinski definition) is 6. The van der Waals surface area contributed by atoms with Gasteiger partial charge in [-0.15, -0.1) is 0 Å². The molecule has 37 heavy (non-hydrogen) atoms. The summed E-state index contributed by atoms with van der Waals surface area (Å²) in [7, 11) is 3.11. The molecule has 2 heterocycles. The Morgan fingerprint density at radius 1 is 0.919 bits per heavy atom. The average Bonchev–Trinajstić information content (AvgIpc) is 3.35. The molecule has 0 radical (unpaired) electrons. The molecule has 3 aromatic carbocycles. The van der Waals surface area contributed by atoms with Crippen LogP contribution >= 0.6 is 0 Å². The molecule has 0 aromatic heterocycles. The number of Topliss-reactive ketones (excluding diaryl/α,β-unsaturated/α-hetero) is 3. The zero-order valence-corrected chi connectivity index (χ0v) is 21.1. The summed E-state index contributed by atoms with van der Waals surface area (Å²) in [5.41, 5.74) is 2.66. The molecule has 2 aliphatic heterocycles. The molecule has 0 saturated carbocycles. The standard InChI is InChI=1S/C31H27NO5/c1-17-9-10-19-11-14-26-31(29(34)21-7-5-6-8-22(21)30(31)35)27(28(18(2)33)32(26)24(19)15-17)23-16-20(36-3)12-13-25(23)37-4/h5-16,26-28H,1-4H3/t26-,27-,28-/m1/s1. The van der Waals surface area contributed by atoms with Gasteiger partial charge in [-0.25, -0.2) is 0 Å². The molecule has 3 aliphatic rings. The van der Waals surface area contributed by atoms with Crippen LogP contribution in [0.3, 0.4) is 0 Å². The zero-order chi connectivity index (χ0) is 26.1. The van der Waals surface area contributed by atoms with E-state index in [0.717, 1.165) is 16.8 Å². The molecule has 1 spiro atoms. The number of carbonyl (C=O) groups excluding carboxylic acids is 3. The van der Waals surface area contributed by atoms with Crippen molar-refractivity contribution < 1.29 is 23.9 Å². The lowest BCUT2D eigenvalue weighted by atomic mass is 9.64. The van der Waals surface area contributed by atoms with E-state index in [9.17, 15) is 14.4 Å². The van der Waals surface area contributed by atoms with Gasteiger partial charge in [0.1, 0.15) is 16.9 Å². The van der Waals surface area contributed by atoms with Crippen LogP contribution < -0.4 is 14.4 Å². The van der Waals surface area contributed by atoms with Crippen molar-refractivity contribution in [3.05, 3.63) is 94.6 Å². The molecule has 1 aliphatic carbocycles. The Balaban J connectivity index is 1.72. The van der Waals surface area contributed by atoms with Crippen LogP contribution in [-0.2, 0) is 4.79 Å². The molecule has 186 valence electrons. The first-order valence-corrected chi connectivity index (χ1v) is 12.3. The van der Waals surface area contributed by atoms with E-state index in [1.807, 2.05) is 42.2 Å². The van der Waals surface area contributed by atoms with Crippen molar-refractivity contribution >= 4 is 29.1 Å². The molecule has 1 fully saturated rings. The Hall–Kier alpha value is -4.19. The molecule has 6 nitrogen and oxygen atoms in total. The van der Waals surface area contributed by atoms with Crippen LogP contribution in [0.1, 0.15) is 50.2 Å². The number of anilines is 1. The summed E-state index contributed by atoms with van der Waals surface area (Å²) >= 11 is 0. The van der Waals surface area contributed by atoms with Crippen LogP contribution in [0.2, 0.25) is 0 Å². The highest BCUT2D eigenvalue weighted by Crippen LogP contribution is 2.61. The Bertz CT molecular complexity index is 1480. The zero-order valence-electron chi connectivity index (χ0n) is 21.1. The third-order valence-corrected chi connectivity index (χ3v) is 8.15. The maximum Gasteiger partial charge on any atom is 0.180 e. The molecule has 3 atom stereocenters. The van der Waals surface area contributed by atoms with Crippen molar-refractivity contribution in [2.45, 2.75) is 31.8 Å². The monoisotopic (exact) mass is 493 g/mol. The van der Waals surface area contributed by atoms with Gasteiger partial charge in [0.25, 0.3) is 0 Å². The lowest BCUT2D eigenvalue weighted by Gasteiger charge is -2.37. The summed E-state index contributed by atoms with van der Waals surface area (Å²) < 4.78 is 11.3. The summed E-state index contributed by atoms with van der Waals surface area (Å²) in [5, 5.41) is 0. The van der Waals surface area contributed by atoms with Gasteiger partial charge in [-0.2, -0.15) is 0 Å². The van der Waals surface area contributed by atoms with Crippen LogP contribution in [0.15, 0.2) is 66.7 Å². The van der Waals surface area contributed by atoms with Crippen LogP contribution in [0.5, 0.6) is 11.5 Å². The first-order chi connectivity index (χ1) is 17.8. The number of ketones is 3. The summed E-state index contributed by atoms with van der Waals surface area (Å²) in [6, 6.07) is 16.9. The smallest absolute Gasteiger partial charge is 0.180 e. The van der Waals surface area contributed by atoms with Gasteiger partial charge < -0.3 is 14.4 Å². The van der Waals surface area contributed by atoms with Gasteiger partial charge in [0.05, 0.1) is 26.3 Å². The van der Waals surface area contributed by atoms with Crippen molar-refractivity contribution in [2.24, 2.45) is 5.41 Å². The second-order valence-corrected chi connectivity index (χ2v) is 9.99. The predicted octanol–water partition coefficient (Wildman–Crippen LogP) is 5.03. The van der Waals surface area contributed by atoms with Gasteiger partial charge in [0, 0.05) is 28.3 Å². The average molecular weight is 494 g/mol. The number of aryl methyl sites for hydroxylation is 1. The van der Waals surface area contributed by atoms with E-state index in [1.54, 1.807) is 56.7 Å². The summed E-state index contributed by atoms with van der Waals surface area (Å²) in [4.78, 5) is 44.6. The fourth-order valence-corrected chi connectivity index (χ4v) is 6.65. The summed E-state index contributed by atoms with van der Waals surface area (Å²) in [5.74, 6) is -0.397. The number of ether oxygens (including phenoxy) is 2. The normalized spacial score (nSPS) is 22.6. The number of methoxy groups -OCH3 is 2. The third-order valence-electron chi connectivity index (χ3n) is 8.15. The van der Waals surface area contributed by atoms with Crippen LogP contribution in [0, 0.1) is 12.3 Å². The number of rotatable bonds is 4. The van der Waals surface area contributed by atoms with Crippen LogP contribution in [0.4, 0.5) is 5.69 Å². The molecule has 0 N–H and O–H groups in total. The molecule has 0 unspecified atom stereocenters. The number of carbonyl (C=O) groups is 3. The topological polar surface area (TPSA) is 72.9 Å². The first kappa shape index (κ1) is 23.2. The fourth-order valence-electron chi connectivity index (χ4n) is 6.65. The van der Waals surface area contributed by atoms with Gasteiger partial charge >= 0.3 is 0 Å². The summed E-state index contributed by atoms with van der Waals surface area (Å²) in [6.07, 6.45) is 3.88. The quantitative estimate of drug-likeness (QED) is 0.475. The maximum atomic E-state index is 14.5. The van der Waals surface area contributed by atoms with Crippen LogP contribution in [-0.4, -0.2) is 43.7 Å². The number of fused-ring (bicyclic) bond motifs is 5. The Labute approximate surface area is 215 Å². The lowest BCUT2D eigenvalue weighted by Crippen LogP contribution is -2.48. The van der Waals surface area contributed by atoms with Crippen molar-refractivity contribution in [3.63, 3.8) is 0 Å². The molecule has 0 bridgehead atoms. The molecule has 6 heteroatoms.